The van der Waals surface area contributed by atoms with E-state index in [1.807, 2.05) is 42.5 Å². The molecule has 0 atom stereocenters. The fraction of sp³-hybridized carbons (Fsp3) is 0.182. The molecule has 132 valence electrons. The topological polar surface area (TPSA) is 64.1 Å². The summed E-state index contributed by atoms with van der Waals surface area (Å²) in [6.45, 7) is 12.7. The van der Waals surface area contributed by atoms with Gasteiger partial charge in [0.2, 0.25) is 0 Å². The summed E-state index contributed by atoms with van der Waals surface area (Å²) in [5.41, 5.74) is 15.6. The molecule has 25 heavy (non-hydrogen) atoms. The first-order chi connectivity index (χ1) is 12.1. The van der Waals surface area contributed by atoms with Gasteiger partial charge in [-0.25, -0.2) is 0 Å². The lowest BCUT2D eigenvalue weighted by Crippen LogP contribution is -2.41. The van der Waals surface area contributed by atoms with Gasteiger partial charge < -0.3 is 16.8 Å². The normalized spacial score (nSPS) is 9.88. The van der Waals surface area contributed by atoms with E-state index in [0.717, 1.165) is 29.7 Å². The zero-order valence-electron chi connectivity index (χ0n) is 14.8. The van der Waals surface area contributed by atoms with Crippen LogP contribution in [0.4, 0.5) is 0 Å². The number of hydrogen-bond donors (Lipinski definition) is 3. The molecule has 0 unspecified atom stereocenters. The number of nitrogens with two attached hydrogens (primary N) is 2. The molecule has 0 saturated carbocycles. The molecule has 0 spiro atoms. The van der Waals surface area contributed by atoms with Crippen molar-refractivity contribution in [1.29, 1.82) is 0 Å². The van der Waals surface area contributed by atoms with Crippen LogP contribution in [0.1, 0.15) is 22.3 Å². The SMILES string of the molecule is C=Cc1ccc(CCNCC(N)N)cc1.C=Cc1ccccc1C=C. The van der Waals surface area contributed by atoms with Crippen molar-refractivity contribution in [2.45, 2.75) is 12.6 Å². The van der Waals surface area contributed by atoms with Crippen molar-refractivity contribution in [3.8, 4) is 0 Å². The van der Waals surface area contributed by atoms with E-state index < -0.39 is 0 Å². The van der Waals surface area contributed by atoms with Crippen molar-refractivity contribution in [3.63, 3.8) is 0 Å². The molecule has 3 heteroatoms. The van der Waals surface area contributed by atoms with Crippen LogP contribution < -0.4 is 16.8 Å². The molecule has 2 rings (SSSR count). The van der Waals surface area contributed by atoms with Crippen LogP contribution in [-0.2, 0) is 6.42 Å². The molecule has 0 radical (unpaired) electrons. The van der Waals surface area contributed by atoms with E-state index in [0.29, 0.717) is 6.54 Å². The first kappa shape index (κ1) is 20.6. The van der Waals surface area contributed by atoms with E-state index in [2.05, 4.69) is 49.3 Å². The van der Waals surface area contributed by atoms with Gasteiger partial charge in [-0.3, -0.25) is 0 Å². The second-order valence-electron chi connectivity index (χ2n) is 5.60. The highest BCUT2D eigenvalue weighted by molar-refractivity contribution is 5.63. The molecule has 3 nitrogen and oxygen atoms in total. The van der Waals surface area contributed by atoms with Gasteiger partial charge in [0, 0.05) is 6.54 Å². The number of hydrogen-bond acceptors (Lipinski definition) is 3. The van der Waals surface area contributed by atoms with Gasteiger partial charge >= 0.3 is 0 Å². The third kappa shape index (κ3) is 8.27. The Bertz CT molecular complexity index is 630. The third-order valence-electron chi connectivity index (χ3n) is 3.62. The summed E-state index contributed by atoms with van der Waals surface area (Å²) < 4.78 is 0. The van der Waals surface area contributed by atoms with E-state index in [4.69, 9.17) is 11.5 Å². The standard InChI is InChI=1S/C12H19N3.C10H10/c1-2-10-3-5-11(6-4-10)7-8-15-9-12(13)14;1-3-9-7-5-6-8-10(9)4-2/h2-6,12,15H,1,7-9,13-14H2;3-8H,1-2H2. The minimum atomic E-state index is -0.270. The Hall–Kier alpha value is -2.46. The fourth-order valence-electron chi connectivity index (χ4n) is 2.20. The molecule has 0 heterocycles. The number of nitrogens with one attached hydrogen (secondary N) is 1. The summed E-state index contributed by atoms with van der Waals surface area (Å²) >= 11 is 0. The molecule has 2 aromatic rings. The van der Waals surface area contributed by atoms with Gasteiger partial charge in [-0.1, -0.05) is 86.5 Å². The van der Waals surface area contributed by atoms with Crippen LogP contribution in [0.5, 0.6) is 0 Å². The molecule has 2 aromatic carbocycles. The van der Waals surface area contributed by atoms with Gasteiger partial charge in [-0.05, 0) is 35.2 Å². The highest BCUT2D eigenvalue weighted by Crippen LogP contribution is 2.10. The molecule has 0 saturated heterocycles. The minimum Gasteiger partial charge on any atom is -0.315 e. The third-order valence-corrected chi connectivity index (χ3v) is 3.62. The van der Waals surface area contributed by atoms with Crippen LogP contribution in [0.15, 0.2) is 68.3 Å². The van der Waals surface area contributed by atoms with Crippen molar-refractivity contribution in [2.24, 2.45) is 11.5 Å². The lowest BCUT2D eigenvalue weighted by Gasteiger charge is -2.07. The van der Waals surface area contributed by atoms with Crippen molar-refractivity contribution < 1.29 is 0 Å². The van der Waals surface area contributed by atoms with Gasteiger partial charge in [0.25, 0.3) is 0 Å². The second kappa shape index (κ2) is 12.0. The zero-order valence-corrected chi connectivity index (χ0v) is 14.8. The molecular weight excluding hydrogens is 306 g/mol. The van der Waals surface area contributed by atoms with Crippen molar-refractivity contribution in [3.05, 3.63) is 90.5 Å². The molecule has 0 aliphatic rings. The first-order valence-electron chi connectivity index (χ1n) is 8.38. The van der Waals surface area contributed by atoms with Crippen LogP contribution in [0.25, 0.3) is 18.2 Å². The molecule has 0 fully saturated rings. The Morgan fingerprint density at radius 2 is 1.40 bits per heavy atom. The molecular formula is C22H29N3. The molecule has 0 aromatic heterocycles. The number of rotatable bonds is 8. The Morgan fingerprint density at radius 1 is 0.840 bits per heavy atom. The largest absolute Gasteiger partial charge is 0.315 e. The highest BCUT2D eigenvalue weighted by atomic mass is 15.0. The highest BCUT2D eigenvalue weighted by Gasteiger charge is 1.95. The van der Waals surface area contributed by atoms with Crippen molar-refractivity contribution in [1.82, 2.24) is 5.32 Å². The average Bonchev–Trinajstić information content (AvgIpc) is 2.66. The van der Waals surface area contributed by atoms with E-state index in [1.54, 1.807) is 0 Å². The maximum Gasteiger partial charge on any atom is 0.0649 e. The van der Waals surface area contributed by atoms with Crippen molar-refractivity contribution in [2.75, 3.05) is 13.1 Å². The van der Waals surface area contributed by atoms with Gasteiger partial charge in [-0.15, -0.1) is 0 Å². The molecule has 0 aliphatic heterocycles. The Morgan fingerprint density at radius 3 is 1.84 bits per heavy atom. The summed E-state index contributed by atoms with van der Waals surface area (Å²) in [5.74, 6) is 0. The Labute approximate surface area is 151 Å². The predicted octanol–water partition coefficient (Wildman–Crippen LogP) is 3.68. The summed E-state index contributed by atoms with van der Waals surface area (Å²) in [7, 11) is 0. The summed E-state index contributed by atoms with van der Waals surface area (Å²) in [4.78, 5) is 0. The van der Waals surface area contributed by atoms with Gasteiger partial charge in [0.1, 0.15) is 0 Å². The van der Waals surface area contributed by atoms with E-state index in [1.165, 1.54) is 5.56 Å². The second-order valence-corrected chi connectivity index (χ2v) is 5.60. The Balaban J connectivity index is 0.000000271. The van der Waals surface area contributed by atoms with Crippen LogP contribution in [-0.4, -0.2) is 19.3 Å². The maximum absolute atomic E-state index is 5.41. The summed E-state index contributed by atoms with van der Waals surface area (Å²) in [6, 6.07) is 16.4. The van der Waals surface area contributed by atoms with E-state index >= 15 is 0 Å². The quantitative estimate of drug-likeness (QED) is 0.509. The molecule has 5 N–H and O–H groups in total. The van der Waals surface area contributed by atoms with Gasteiger partial charge in [0.15, 0.2) is 0 Å². The fourth-order valence-corrected chi connectivity index (χ4v) is 2.20. The predicted molar refractivity (Wildman–Crippen MR) is 112 cm³/mol. The van der Waals surface area contributed by atoms with Gasteiger partial charge in [-0.2, -0.15) is 0 Å². The van der Waals surface area contributed by atoms with Crippen LogP contribution in [0, 0.1) is 0 Å². The van der Waals surface area contributed by atoms with Crippen LogP contribution in [0.3, 0.4) is 0 Å². The van der Waals surface area contributed by atoms with Gasteiger partial charge in [0.05, 0.1) is 6.17 Å². The van der Waals surface area contributed by atoms with E-state index in [9.17, 15) is 0 Å². The lowest BCUT2D eigenvalue weighted by molar-refractivity contribution is 0.592. The number of benzene rings is 2. The minimum absolute atomic E-state index is 0.270. The van der Waals surface area contributed by atoms with E-state index in [-0.39, 0.29) is 6.17 Å². The van der Waals surface area contributed by atoms with Crippen molar-refractivity contribution >= 4 is 18.2 Å². The molecule has 0 bridgehead atoms. The maximum atomic E-state index is 5.41. The Kier molecular flexibility index (Phi) is 9.87. The smallest absolute Gasteiger partial charge is 0.0649 e. The van der Waals surface area contributed by atoms with Crippen LogP contribution in [0.2, 0.25) is 0 Å². The molecule has 0 amide bonds. The monoisotopic (exact) mass is 335 g/mol. The average molecular weight is 335 g/mol. The summed E-state index contributed by atoms with van der Waals surface area (Å²) in [5, 5.41) is 3.19. The van der Waals surface area contributed by atoms with Crippen LogP contribution >= 0.6 is 0 Å². The lowest BCUT2D eigenvalue weighted by atomic mass is 10.1. The first-order valence-corrected chi connectivity index (χ1v) is 8.38. The zero-order chi connectivity index (χ0) is 18.5. The summed E-state index contributed by atoms with van der Waals surface area (Å²) in [6.07, 6.45) is 6.22. The molecule has 0 aliphatic carbocycles.